The zero-order valence-electron chi connectivity index (χ0n) is 18.0. The van der Waals surface area contributed by atoms with Gasteiger partial charge in [-0.1, -0.05) is 32.9 Å². The van der Waals surface area contributed by atoms with Crippen molar-refractivity contribution in [2.45, 2.75) is 46.3 Å². The normalized spacial score (nSPS) is 20.1. The molecule has 0 saturated carbocycles. The molecule has 2 N–H and O–H groups in total. The molecule has 1 aromatic rings. The van der Waals surface area contributed by atoms with E-state index in [9.17, 15) is 0 Å². The Kier molecular flexibility index (Phi) is 10.4. The zero-order chi connectivity index (χ0) is 19.9. The highest BCUT2D eigenvalue weighted by Gasteiger charge is 2.35. The molecule has 160 valence electrons. The maximum Gasteiger partial charge on any atom is 0.191 e. The van der Waals surface area contributed by atoms with Crippen LogP contribution in [-0.4, -0.2) is 46.5 Å². The van der Waals surface area contributed by atoms with Crippen molar-refractivity contribution < 1.29 is 14.2 Å². The fraction of sp³-hybridized carbons (Fsp3) is 0.667. The van der Waals surface area contributed by atoms with Crippen LogP contribution in [0.25, 0.3) is 0 Å². The third-order valence-electron chi connectivity index (χ3n) is 4.98. The molecule has 1 aromatic carbocycles. The predicted octanol–water partition coefficient (Wildman–Crippen LogP) is 3.83. The summed E-state index contributed by atoms with van der Waals surface area (Å²) in [5.74, 6) is 2.73. The highest BCUT2D eigenvalue weighted by molar-refractivity contribution is 14.0. The molecule has 1 saturated heterocycles. The van der Waals surface area contributed by atoms with Crippen molar-refractivity contribution in [3.8, 4) is 11.5 Å². The minimum atomic E-state index is 0. The molecule has 2 unspecified atom stereocenters. The summed E-state index contributed by atoms with van der Waals surface area (Å²) in [5.41, 5.74) is 1.16. The molecule has 0 bridgehead atoms. The number of nitrogens with one attached hydrogen (secondary N) is 2. The summed E-state index contributed by atoms with van der Waals surface area (Å²) in [6.45, 7) is 9.05. The first kappa shape index (κ1) is 24.8. The maximum absolute atomic E-state index is 6.08. The van der Waals surface area contributed by atoms with Gasteiger partial charge in [0.05, 0.1) is 20.3 Å². The van der Waals surface area contributed by atoms with Gasteiger partial charge in [0.2, 0.25) is 0 Å². The van der Waals surface area contributed by atoms with Crippen LogP contribution in [0.1, 0.15) is 39.2 Å². The van der Waals surface area contributed by atoms with Gasteiger partial charge < -0.3 is 24.8 Å². The Morgan fingerprint density at radius 1 is 1.21 bits per heavy atom. The van der Waals surface area contributed by atoms with Crippen molar-refractivity contribution in [2.75, 3.05) is 34.4 Å². The molecular weight excluding hydrogens is 469 g/mol. The third kappa shape index (κ3) is 6.69. The SMILES string of the molecule is CN=C(NCc1cccc(OC)c1OC)NCC1CCCOC1C(C)(C)C.I. The Hall–Kier alpha value is -1.22. The average molecular weight is 505 g/mol. The van der Waals surface area contributed by atoms with Crippen LogP contribution in [0.4, 0.5) is 0 Å². The molecular formula is C21H36IN3O3. The quantitative estimate of drug-likeness (QED) is 0.350. The predicted molar refractivity (Wildman–Crippen MR) is 125 cm³/mol. The number of hydrogen-bond acceptors (Lipinski definition) is 4. The van der Waals surface area contributed by atoms with E-state index in [0.29, 0.717) is 12.5 Å². The zero-order valence-corrected chi connectivity index (χ0v) is 20.3. The molecule has 1 aliphatic rings. The van der Waals surface area contributed by atoms with E-state index in [0.717, 1.165) is 42.6 Å². The topological polar surface area (TPSA) is 64.1 Å². The molecule has 0 amide bonds. The number of methoxy groups -OCH3 is 2. The van der Waals surface area contributed by atoms with Crippen LogP contribution < -0.4 is 20.1 Å². The summed E-state index contributed by atoms with van der Waals surface area (Å²) >= 11 is 0. The van der Waals surface area contributed by atoms with Gasteiger partial charge in [0.1, 0.15) is 0 Å². The summed E-state index contributed by atoms with van der Waals surface area (Å²) in [6, 6.07) is 5.87. The van der Waals surface area contributed by atoms with Crippen LogP contribution in [0, 0.1) is 11.3 Å². The van der Waals surface area contributed by atoms with Crippen LogP contribution in [-0.2, 0) is 11.3 Å². The fourth-order valence-corrected chi connectivity index (χ4v) is 3.73. The van der Waals surface area contributed by atoms with Gasteiger partial charge in [0.15, 0.2) is 17.5 Å². The van der Waals surface area contributed by atoms with Crippen molar-refractivity contribution in [1.29, 1.82) is 0 Å². The van der Waals surface area contributed by atoms with E-state index in [1.165, 1.54) is 6.42 Å². The number of halogens is 1. The lowest BCUT2D eigenvalue weighted by atomic mass is 9.78. The third-order valence-corrected chi connectivity index (χ3v) is 4.98. The van der Waals surface area contributed by atoms with Gasteiger partial charge in [-0.25, -0.2) is 0 Å². The van der Waals surface area contributed by atoms with E-state index in [2.05, 4.69) is 36.4 Å². The van der Waals surface area contributed by atoms with Gasteiger partial charge in [-0.2, -0.15) is 0 Å². The number of benzene rings is 1. The Balaban J connectivity index is 0.00000392. The number of hydrogen-bond donors (Lipinski definition) is 2. The van der Waals surface area contributed by atoms with Crippen molar-refractivity contribution in [3.05, 3.63) is 23.8 Å². The molecule has 1 fully saturated rings. The first-order valence-corrected chi connectivity index (χ1v) is 9.66. The second-order valence-electron chi connectivity index (χ2n) is 8.02. The summed E-state index contributed by atoms with van der Waals surface area (Å²) in [4.78, 5) is 4.35. The minimum Gasteiger partial charge on any atom is -0.493 e. The molecule has 1 aliphatic heterocycles. The van der Waals surface area contributed by atoms with Gasteiger partial charge in [-0.3, -0.25) is 4.99 Å². The van der Waals surface area contributed by atoms with Crippen LogP contribution in [0.15, 0.2) is 23.2 Å². The second kappa shape index (κ2) is 11.7. The van der Waals surface area contributed by atoms with E-state index in [-0.39, 0.29) is 35.5 Å². The Morgan fingerprint density at radius 2 is 1.96 bits per heavy atom. The Labute approximate surface area is 186 Å². The molecule has 0 radical (unpaired) electrons. The van der Waals surface area contributed by atoms with Crippen molar-refractivity contribution in [2.24, 2.45) is 16.3 Å². The largest absolute Gasteiger partial charge is 0.493 e. The molecule has 6 nitrogen and oxygen atoms in total. The molecule has 0 aromatic heterocycles. The maximum atomic E-state index is 6.08. The lowest BCUT2D eigenvalue weighted by Crippen LogP contribution is -2.47. The summed E-state index contributed by atoms with van der Waals surface area (Å²) in [7, 11) is 5.09. The summed E-state index contributed by atoms with van der Waals surface area (Å²) < 4.78 is 16.9. The van der Waals surface area contributed by atoms with E-state index in [4.69, 9.17) is 14.2 Å². The molecule has 28 heavy (non-hydrogen) atoms. The second-order valence-corrected chi connectivity index (χ2v) is 8.02. The number of para-hydroxylation sites is 1. The Morgan fingerprint density at radius 3 is 2.57 bits per heavy atom. The van der Waals surface area contributed by atoms with Gasteiger partial charge in [0, 0.05) is 38.2 Å². The first-order valence-electron chi connectivity index (χ1n) is 9.66. The minimum absolute atomic E-state index is 0. The van der Waals surface area contributed by atoms with E-state index < -0.39 is 0 Å². The number of aliphatic imine (C=N–C) groups is 1. The molecule has 2 atom stereocenters. The standard InChI is InChI=1S/C21H35N3O3.HI/c1-21(2,3)19-16(10-8-12-27-19)14-24-20(22-4)23-13-15-9-7-11-17(25-5)18(15)26-6;/h7,9,11,16,19H,8,10,12-14H2,1-6H3,(H2,22,23,24);1H. The summed E-state index contributed by atoms with van der Waals surface area (Å²) in [5, 5.41) is 6.83. The van der Waals surface area contributed by atoms with Gasteiger partial charge in [-0.05, 0) is 24.3 Å². The monoisotopic (exact) mass is 505 g/mol. The number of ether oxygens (including phenoxy) is 3. The van der Waals surface area contributed by atoms with Crippen LogP contribution in [0.2, 0.25) is 0 Å². The molecule has 1 heterocycles. The van der Waals surface area contributed by atoms with Crippen molar-refractivity contribution in [1.82, 2.24) is 10.6 Å². The van der Waals surface area contributed by atoms with Crippen LogP contribution >= 0.6 is 24.0 Å². The first-order chi connectivity index (χ1) is 12.9. The highest BCUT2D eigenvalue weighted by Crippen LogP contribution is 2.33. The highest BCUT2D eigenvalue weighted by atomic mass is 127. The van der Waals surface area contributed by atoms with Crippen molar-refractivity contribution in [3.63, 3.8) is 0 Å². The molecule has 0 aliphatic carbocycles. The number of rotatable bonds is 6. The van der Waals surface area contributed by atoms with E-state index in [1.807, 2.05) is 18.2 Å². The summed E-state index contributed by atoms with van der Waals surface area (Å²) in [6.07, 6.45) is 2.55. The number of guanidine groups is 1. The van der Waals surface area contributed by atoms with Gasteiger partial charge in [-0.15, -0.1) is 24.0 Å². The van der Waals surface area contributed by atoms with Crippen LogP contribution in [0.3, 0.4) is 0 Å². The lowest BCUT2D eigenvalue weighted by molar-refractivity contribution is -0.0835. The molecule has 2 rings (SSSR count). The van der Waals surface area contributed by atoms with Gasteiger partial charge >= 0.3 is 0 Å². The van der Waals surface area contributed by atoms with Crippen LogP contribution in [0.5, 0.6) is 11.5 Å². The average Bonchev–Trinajstić information content (AvgIpc) is 2.67. The smallest absolute Gasteiger partial charge is 0.191 e. The van der Waals surface area contributed by atoms with Gasteiger partial charge in [0.25, 0.3) is 0 Å². The van der Waals surface area contributed by atoms with E-state index in [1.54, 1.807) is 21.3 Å². The molecule has 7 heteroatoms. The molecule has 0 spiro atoms. The number of nitrogens with zero attached hydrogens (tertiary/aromatic N) is 1. The van der Waals surface area contributed by atoms with E-state index >= 15 is 0 Å². The fourth-order valence-electron chi connectivity index (χ4n) is 3.73. The van der Waals surface area contributed by atoms with Crippen molar-refractivity contribution >= 4 is 29.9 Å². The Bertz CT molecular complexity index is 632. The lowest BCUT2D eigenvalue weighted by Gasteiger charge is -2.40.